The Bertz CT molecular complexity index is 1100. The highest BCUT2D eigenvalue weighted by atomic mass is 32.2. The molecule has 34 heavy (non-hydrogen) atoms. The van der Waals surface area contributed by atoms with Gasteiger partial charge in [0.25, 0.3) is 11.1 Å². The van der Waals surface area contributed by atoms with E-state index in [0.717, 1.165) is 22.3 Å². The smallest absolute Gasteiger partial charge is 0.294 e. The zero-order chi connectivity index (χ0) is 24.1. The number of amides is 3. The molecule has 0 aliphatic carbocycles. The molecular formula is C25H27N3O5S. The number of methoxy groups -OCH3 is 1. The summed E-state index contributed by atoms with van der Waals surface area (Å²) in [7, 11) is 1.54. The Morgan fingerprint density at radius 1 is 1.03 bits per heavy atom. The summed E-state index contributed by atoms with van der Waals surface area (Å²) in [6.07, 6.45) is 1.63. The molecule has 0 unspecified atom stereocenters. The number of ether oxygens (including phenoxy) is 2. The van der Waals surface area contributed by atoms with Gasteiger partial charge in [0.2, 0.25) is 5.91 Å². The van der Waals surface area contributed by atoms with Crippen LogP contribution in [0, 0.1) is 0 Å². The Labute approximate surface area is 203 Å². The molecule has 4 rings (SSSR count). The second-order valence-corrected chi connectivity index (χ2v) is 8.81. The van der Waals surface area contributed by atoms with Gasteiger partial charge in [0.1, 0.15) is 6.54 Å². The van der Waals surface area contributed by atoms with Crippen LogP contribution in [0.1, 0.15) is 12.5 Å². The number of anilines is 1. The maximum absolute atomic E-state index is 12.9. The van der Waals surface area contributed by atoms with Crippen LogP contribution in [0.15, 0.2) is 53.4 Å². The van der Waals surface area contributed by atoms with E-state index in [1.165, 1.54) is 0 Å². The molecule has 0 spiro atoms. The van der Waals surface area contributed by atoms with E-state index in [4.69, 9.17) is 9.47 Å². The van der Waals surface area contributed by atoms with Crippen LogP contribution in [0.4, 0.5) is 10.5 Å². The number of hydrogen-bond acceptors (Lipinski definition) is 7. The average molecular weight is 482 g/mol. The largest absolute Gasteiger partial charge is 0.493 e. The van der Waals surface area contributed by atoms with E-state index < -0.39 is 11.1 Å². The van der Waals surface area contributed by atoms with Crippen molar-refractivity contribution in [1.29, 1.82) is 0 Å². The highest BCUT2D eigenvalue weighted by molar-refractivity contribution is 8.18. The number of carbonyl (C=O) groups is 3. The van der Waals surface area contributed by atoms with Gasteiger partial charge in [-0.1, -0.05) is 24.3 Å². The van der Waals surface area contributed by atoms with Gasteiger partial charge in [-0.3, -0.25) is 19.3 Å². The fraction of sp³-hybridized carbons (Fsp3) is 0.320. The fourth-order valence-electron chi connectivity index (χ4n) is 3.92. The van der Waals surface area contributed by atoms with Gasteiger partial charge in [-0.2, -0.15) is 0 Å². The Morgan fingerprint density at radius 3 is 2.44 bits per heavy atom. The normalized spacial score (nSPS) is 17.5. The molecule has 8 nitrogen and oxygen atoms in total. The fourth-order valence-corrected chi connectivity index (χ4v) is 4.76. The predicted molar refractivity (Wildman–Crippen MR) is 132 cm³/mol. The van der Waals surface area contributed by atoms with Crippen molar-refractivity contribution < 1.29 is 23.9 Å². The lowest BCUT2D eigenvalue weighted by atomic mass is 10.2. The van der Waals surface area contributed by atoms with Crippen LogP contribution in [0.3, 0.4) is 0 Å². The summed E-state index contributed by atoms with van der Waals surface area (Å²) in [5, 5.41) is -0.439. The Morgan fingerprint density at radius 2 is 1.76 bits per heavy atom. The van der Waals surface area contributed by atoms with E-state index in [2.05, 4.69) is 4.90 Å². The second-order valence-electron chi connectivity index (χ2n) is 7.81. The zero-order valence-electron chi connectivity index (χ0n) is 19.2. The van der Waals surface area contributed by atoms with Crippen molar-refractivity contribution in [2.45, 2.75) is 6.92 Å². The molecule has 0 atom stereocenters. The second kappa shape index (κ2) is 10.6. The molecular weight excluding hydrogens is 454 g/mol. The summed E-state index contributed by atoms with van der Waals surface area (Å²) in [6, 6.07) is 15.3. The number of nitrogens with zero attached hydrogens (tertiary/aromatic N) is 3. The molecule has 2 fully saturated rings. The lowest BCUT2D eigenvalue weighted by Crippen LogP contribution is -2.51. The van der Waals surface area contributed by atoms with Gasteiger partial charge >= 0.3 is 0 Å². The van der Waals surface area contributed by atoms with Crippen molar-refractivity contribution >= 4 is 40.6 Å². The van der Waals surface area contributed by atoms with Gasteiger partial charge in [0.15, 0.2) is 11.5 Å². The highest BCUT2D eigenvalue weighted by Crippen LogP contribution is 2.34. The Hall–Kier alpha value is -3.46. The van der Waals surface area contributed by atoms with Crippen LogP contribution in [0.2, 0.25) is 0 Å². The number of carbonyl (C=O) groups excluding carboxylic acids is 3. The predicted octanol–water partition coefficient (Wildman–Crippen LogP) is 3.48. The molecule has 0 bridgehead atoms. The lowest BCUT2D eigenvalue weighted by molar-refractivity contribution is -0.136. The van der Waals surface area contributed by atoms with Gasteiger partial charge in [-0.15, -0.1) is 0 Å². The number of imide groups is 1. The van der Waals surface area contributed by atoms with Gasteiger partial charge in [0.05, 0.1) is 18.6 Å². The Kier molecular flexibility index (Phi) is 7.42. The van der Waals surface area contributed by atoms with E-state index in [-0.39, 0.29) is 17.4 Å². The number of benzene rings is 2. The van der Waals surface area contributed by atoms with E-state index in [1.807, 2.05) is 37.3 Å². The number of rotatable bonds is 7. The minimum atomic E-state index is -0.459. The summed E-state index contributed by atoms with van der Waals surface area (Å²) in [6.45, 7) is 4.64. The van der Waals surface area contributed by atoms with Crippen LogP contribution in [-0.2, 0) is 9.59 Å². The lowest BCUT2D eigenvalue weighted by Gasteiger charge is -2.36. The van der Waals surface area contributed by atoms with E-state index in [1.54, 1.807) is 36.3 Å². The first-order valence-electron chi connectivity index (χ1n) is 11.1. The third-order valence-corrected chi connectivity index (χ3v) is 6.61. The summed E-state index contributed by atoms with van der Waals surface area (Å²) in [5.41, 5.74) is 1.82. The number of para-hydroxylation sites is 1. The standard InChI is InChI=1S/C25H27N3O5S/c1-3-33-20-10-9-18(15-21(20)32-2)16-22-24(30)28(25(31)34-22)17-23(29)27-13-11-26(12-14-27)19-7-5-4-6-8-19/h4-10,15-16H,3,11-14,17H2,1-2H3/b22-16+. The maximum atomic E-state index is 12.9. The maximum Gasteiger partial charge on any atom is 0.294 e. The van der Waals surface area contributed by atoms with Crippen molar-refractivity contribution in [2.75, 3.05) is 51.3 Å². The van der Waals surface area contributed by atoms with Crippen molar-refractivity contribution in [1.82, 2.24) is 9.80 Å². The molecule has 9 heteroatoms. The average Bonchev–Trinajstić information content (AvgIpc) is 3.12. The molecule has 3 amide bonds. The van der Waals surface area contributed by atoms with E-state index in [0.29, 0.717) is 49.8 Å². The molecule has 0 aromatic heterocycles. The molecule has 2 aromatic rings. The number of piperazine rings is 1. The summed E-state index contributed by atoms with van der Waals surface area (Å²) < 4.78 is 10.9. The van der Waals surface area contributed by atoms with Crippen LogP contribution < -0.4 is 14.4 Å². The molecule has 2 heterocycles. The summed E-state index contributed by atoms with van der Waals surface area (Å²) in [4.78, 5) is 43.5. The van der Waals surface area contributed by atoms with Crippen LogP contribution >= 0.6 is 11.8 Å². The molecule has 2 aliphatic heterocycles. The molecule has 2 aliphatic rings. The quantitative estimate of drug-likeness (QED) is 0.560. The summed E-state index contributed by atoms with van der Waals surface area (Å²) in [5.74, 6) is 0.464. The number of hydrogen-bond donors (Lipinski definition) is 0. The Balaban J connectivity index is 1.38. The van der Waals surface area contributed by atoms with Crippen LogP contribution in [0.5, 0.6) is 11.5 Å². The first-order valence-corrected chi connectivity index (χ1v) is 12.0. The summed E-state index contributed by atoms with van der Waals surface area (Å²) >= 11 is 0.838. The number of thioether (sulfide) groups is 1. The topological polar surface area (TPSA) is 79.4 Å². The van der Waals surface area contributed by atoms with E-state index in [9.17, 15) is 14.4 Å². The first-order chi connectivity index (χ1) is 16.5. The molecule has 0 N–H and O–H groups in total. The van der Waals surface area contributed by atoms with Crippen molar-refractivity contribution in [3.05, 3.63) is 59.0 Å². The molecule has 2 saturated heterocycles. The third kappa shape index (κ3) is 5.20. The van der Waals surface area contributed by atoms with Crippen LogP contribution in [0.25, 0.3) is 6.08 Å². The SMILES string of the molecule is CCOc1ccc(/C=C2/SC(=O)N(CC(=O)N3CCN(c4ccccc4)CC3)C2=O)cc1OC. The van der Waals surface area contributed by atoms with E-state index >= 15 is 0 Å². The van der Waals surface area contributed by atoms with Gasteiger partial charge < -0.3 is 19.3 Å². The first kappa shape index (κ1) is 23.7. The van der Waals surface area contributed by atoms with Crippen molar-refractivity contribution in [3.8, 4) is 11.5 Å². The van der Waals surface area contributed by atoms with Crippen molar-refractivity contribution in [2.24, 2.45) is 0 Å². The minimum Gasteiger partial charge on any atom is -0.493 e. The van der Waals surface area contributed by atoms with Crippen molar-refractivity contribution in [3.63, 3.8) is 0 Å². The monoisotopic (exact) mass is 481 g/mol. The highest BCUT2D eigenvalue weighted by Gasteiger charge is 2.37. The van der Waals surface area contributed by atoms with Gasteiger partial charge in [-0.25, -0.2) is 0 Å². The third-order valence-electron chi connectivity index (χ3n) is 5.71. The minimum absolute atomic E-state index is 0.223. The molecule has 178 valence electrons. The van der Waals surface area contributed by atoms with Gasteiger partial charge in [0, 0.05) is 31.9 Å². The molecule has 0 saturated carbocycles. The molecule has 2 aromatic carbocycles. The van der Waals surface area contributed by atoms with Crippen LogP contribution in [-0.4, -0.2) is 73.3 Å². The van der Waals surface area contributed by atoms with Gasteiger partial charge in [-0.05, 0) is 54.6 Å². The zero-order valence-corrected chi connectivity index (χ0v) is 20.0. The molecule has 0 radical (unpaired) electrons.